The molecule has 3 aromatic rings. The summed E-state index contributed by atoms with van der Waals surface area (Å²) in [7, 11) is 0. The number of pyridine rings is 1. The van der Waals surface area contributed by atoms with E-state index in [1.54, 1.807) is 23.1 Å². The van der Waals surface area contributed by atoms with E-state index >= 15 is 0 Å². The summed E-state index contributed by atoms with van der Waals surface area (Å²) >= 11 is 5.95. The molecule has 1 aliphatic carbocycles. The first-order valence-electron chi connectivity index (χ1n) is 10.7. The molecule has 2 amide bonds. The third-order valence-corrected chi connectivity index (χ3v) is 6.38. The zero-order valence-corrected chi connectivity index (χ0v) is 18.5. The quantitative estimate of drug-likeness (QED) is 0.494. The second kappa shape index (κ2) is 8.57. The van der Waals surface area contributed by atoms with Crippen molar-refractivity contribution in [2.24, 2.45) is 5.73 Å². The molecule has 1 aliphatic heterocycles. The Kier molecular flexibility index (Phi) is 5.60. The number of primary amides is 1. The van der Waals surface area contributed by atoms with Crippen LogP contribution in [0.4, 0.5) is 4.39 Å². The van der Waals surface area contributed by atoms with Crippen LogP contribution in [0.1, 0.15) is 38.3 Å². The number of amides is 2. The van der Waals surface area contributed by atoms with Crippen LogP contribution in [-0.2, 0) is 11.2 Å². The van der Waals surface area contributed by atoms with E-state index < -0.39 is 11.7 Å². The van der Waals surface area contributed by atoms with Crippen LogP contribution in [0, 0.1) is 5.82 Å². The number of nitrogens with zero attached hydrogens (tertiary/aromatic N) is 2. The van der Waals surface area contributed by atoms with Crippen molar-refractivity contribution in [1.82, 2.24) is 9.88 Å². The van der Waals surface area contributed by atoms with Gasteiger partial charge in [-0.3, -0.25) is 9.59 Å². The van der Waals surface area contributed by atoms with Gasteiger partial charge in [-0.2, -0.15) is 0 Å². The first-order chi connectivity index (χ1) is 15.9. The Morgan fingerprint density at radius 3 is 2.73 bits per heavy atom. The number of rotatable bonds is 3. The summed E-state index contributed by atoms with van der Waals surface area (Å²) in [5.74, 6) is -1.14. The van der Waals surface area contributed by atoms with Crippen molar-refractivity contribution in [2.75, 3.05) is 26.3 Å². The molecular weight excluding hydrogens is 445 g/mol. The highest BCUT2D eigenvalue weighted by Gasteiger charge is 2.28. The van der Waals surface area contributed by atoms with Gasteiger partial charge >= 0.3 is 0 Å². The van der Waals surface area contributed by atoms with Crippen LogP contribution in [0.25, 0.3) is 22.5 Å². The molecule has 0 unspecified atom stereocenters. The number of aromatic nitrogens is 1. The third-order valence-electron chi connectivity index (χ3n) is 6.09. The number of ether oxygens (including phenoxy) is 1. The van der Waals surface area contributed by atoms with Crippen LogP contribution in [0.2, 0.25) is 5.02 Å². The molecular formula is C25H21ClFN3O3. The molecule has 168 valence electrons. The minimum atomic E-state index is -0.572. The lowest BCUT2D eigenvalue weighted by atomic mass is 10.0. The summed E-state index contributed by atoms with van der Waals surface area (Å²) in [4.78, 5) is 31.9. The maximum Gasteiger partial charge on any atom is 0.253 e. The predicted octanol–water partition coefficient (Wildman–Crippen LogP) is 4.07. The average Bonchev–Trinajstić information content (AvgIpc) is 2.97. The van der Waals surface area contributed by atoms with E-state index in [0.29, 0.717) is 60.8 Å². The summed E-state index contributed by atoms with van der Waals surface area (Å²) < 4.78 is 19.1. The summed E-state index contributed by atoms with van der Waals surface area (Å²) in [6, 6.07) is 11.4. The van der Waals surface area contributed by atoms with E-state index in [9.17, 15) is 14.0 Å². The van der Waals surface area contributed by atoms with E-state index in [2.05, 4.69) is 0 Å². The van der Waals surface area contributed by atoms with Crippen molar-refractivity contribution in [3.8, 4) is 22.5 Å². The number of carbonyl (C=O) groups is 2. The Balaban J connectivity index is 1.55. The summed E-state index contributed by atoms with van der Waals surface area (Å²) in [6.45, 7) is 2.41. The number of fused-ring (bicyclic) bond motifs is 3. The first-order valence-corrected chi connectivity index (χ1v) is 11.1. The van der Waals surface area contributed by atoms with E-state index in [-0.39, 0.29) is 10.9 Å². The van der Waals surface area contributed by atoms with Gasteiger partial charge in [0.05, 0.1) is 23.0 Å². The monoisotopic (exact) mass is 465 g/mol. The van der Waals surface area contributed by atoms with Crippen LogP contribution in [-0.4, -0.2) is 48.0 Å². The lowest BCUT2D eigenvalue weighted by molar-refractivity contribution is 0.0741. The summed E-state index contributed by atoms with van der Waals surface area (Å²) in [5.41, 5.74) is 10.8. The van der Waals surface area contributed by atoms with Gasteiger partial charge in [0.1, 0.15) is 5.82 Å². The molecule has 0 atom stereocenters. The largest absolute Gasteiger partial charge is 0.380 e. The van der Waals surface area contributed by atoms with E-state index in [4.69, 9.17) is 27.1 Å². The molecule has 6 nitrogen and oxygen atoms in total. The Bertz CT molecular complexity index is 1290. The van der Waals surface area contributed by atoms with Crippen LogP contribution in [0.3, 0.4) is 0 Å². The topological polar surface area (TPSA) is 85.5 Å². The SMILES string of the molecule is NC(=O)c1cc(-c2ccc(F)c(Cl)c2)nc2c1Cc1cc(C(=O)N3CCCOCC3)ccc1-2. The van der Waals surface area contributed by atoms with Gasteiger partial charge in [-0.15, -0.1) is 0 Å². The van der Waals surface area contributed by atoms with Gasteiger partial charge < -0.3 is 15.4 Å². The van der Waals surface area contributed by atoms with Crippen molar-refractivity contribution in [1.29, 1.82) is 0 Å². The third kappa shape index (κ3) is 3.98. The lowest BCUT2D eigenvalue weighted by Crippen LogP contribution is -2.33. The fourth-order valence-corrected chi connectivity index (χ4v) is 4.60. The van der Waals surface area contributed by atoms with Crippen LogP contribution >= 0.6 is 11.6 Å². The number of benzene rings is 2. The molecule has 5 rings (SSSR count). The molecule has 2 heterocycles. The van der Waals surface area contributed by atoms with E-state index in [0.717, 1.165) is 23.1 Å². The number of halogens is 2. The van der Waals surface area contributed by atoms with Gasteiger partial charge in [-0.25, -0.2) is 9.37 Å². The average molecular weight is 466 g/mol. The second-order valence-corrected chi connectivity index (χ2v) is 8.59. The van der Waals surface area contributed by atoms with E-state index in [1.165, 1.54) is 12.1 Å². The normalized spacial score (nSPS) is 15.0. The maximum atomic E-state index is 13.6. The molecule has 8 heteroatoms. The Hall–Kier alpha value is -3.29. The van der Waals surface area contributed by atoms with Crippen molar-refractivity contribution in [2.45, 2.75) is 12.8 Å². The van der Waals surface area contributed by atoms with Crippen molar-refractivity contribution in [3.05, 3.63) is 75.6 Å². The van der Waals surface area contributed by atoms with Crippen LogP contribution < -0.4 is 5.73 Å². The fraction of sp³-hybridized carbons (Fsp3) is 0.240. The summed E-state index contributed by atoms with van der Waals surface area (Å²) in [5, 5.41) is -0.0297. The zero-order valence-electron chi connectivity index (χ0n) is 17.7. The lowest BCUT2D eigenvalue weighted by Gasteiger charge is -2.20. The number of hydrogen-bond acceptors (Lipinski definition) is 4. The summed E-state index contributed by atoms with van der Waals surface area (Å²) in [6.07, 6.45) is 1.26. The van der Waals surface area contributed by atoms with E-state index in [1.807, 2.05) is 12.1 Å². The molecule has 1 fully saturated rings. The van der Waals surface area contributed by atoms with Crippen LogP contribution in [0.5, 0.6) is 0 Å². The standard InChI is InChI=1S/C25H21ClFN3O3/c26-20-12-14(3-5-21(20)27)22-13-19(24(28)31)18-11-16-10-15(2-4-17(16)23(18)29-22)25(32)30-6-1-8-33-9-7-30/h2-5,10,12-13H,1,6-9,11H2,(H2,28,31). The number of carbonyl (C=O) groups excluding carboxylic acids is 2. The van der Waals surface area contributed by atoms with Gasteiger partial charge in [-0.1, -0.05) is 17.7 Å². The highest BCUT2D eigenvalue weighted by molar-refractivity contribution is 6.31. The van der Waals surface area contributed by atoms with Gasteiger partial charge in [0.25, 0.3) is 5.91 Å². The molecule has 33 heavy (non-hydrogen) atoms. The smallest absolute Gasteiger partial charge is 0.253 e. The Morgan fingerprint density at radius 2 is 1.94 bits per heavy atom. The number of hydrogen-bond donors (Lipinski definition) is 1. The second-order valence-electron chi connectivity index (χ2n) is 8.18. The Morgan fingerprint density at radius 1 is 1.09 bits per heavy atom. The minimum absolute atomic E-state index is 0.0297. The highest BCUT2D eigenvalue weighted by Crippen LogP contribution is 2.39. The molecule has 0 saturated carbocycles. The van der Waals surface area contributed by atoms with Crippen LogP contribution in [0.15, 0.2) is 42.5 Å². The van der Waals surface area contributed by atoms with Crippen molar-refractivity contribution >= 4 is 23.4 Å². The molecule has 0 bridgehead atoms. The van der Waals surface area contributed by atoms with Gasteiger partial charge in [0, 0.05) is 48.4 Å². The number of nitrogens with two attached hydrogens (primary N) is 1. The molecule has 1 saturated heterocycles. The molecule has 0 radical (unpaired) electrons. The minimum Gasteiger partial charge on any atom is -0.380 e. The fourth-order valence-electron chi connectivity index (χ4n) is 4.42. The molecule has 2 aliphatic rings. The zero-order chi connectivity index (χ0) is 23.1. The van der Waals surface area contributed by atoms with Gasteiger partial charge in [0.2, 0.25) is 5.91 Å². The van der Waals surface area contributed by atoms with Crippen molar-refractivity contribution in [3.63, 3.8) is 0 Å². The first kappa shape index (κ1) is 21.6. The van der Waals surface area contributed by atoms with Crippen molar-refractivity contribution < 1.29 is 18.7 Å². The van der Waals surface area contributed by atoms with Gasteiger partial charge in [-0.05, 0) is 53.9 Å². The maximum absolute atomic E-state index is 13.6. The molecule has 2 N–H and O–H groups in total. The van der Waals surface area contributed by atoms with Gasteiger partial charge in [0.15, 0.2) is 0 Å². The molecule has 0 spiro atoms. The molecule has 2 aromatic carbocycles. The highest BCUT2D eigenvalue weighted by atomic mass is 35.5. The predicted molar refractivity (Wildman–Crippen MR) is 123 cm³/mol. The Labute approximate surface area is 195 Å². The molecule has 1 aromatic heterocycles.